The third-order valence-electron chi connectivity index (χ3n) is 1.60. The minimum Gasteiger partial charge on any atom is -0.369 e. The third kappa shape index (κ3) is 1.73. The van der Waals surface area contributed by atoms with E-state index >= 15 is 0 Å². The Kier molecular flexibility index (Phi) is 2.53. The zero-order chi connectivity index (χ0) is 8.39. The van der Waals surface area contributed by atoms with E-state index in [-0.39, 0.29) is 11.4 Å². The topological polar surface area (TPSA) is 50.8 Å². The molecule has 4 nitrogen and oxygen atoms in total. The van der Waals surface area contributed by atoms with E-state index in [1.807, 2.05) is 11.8 Å². The largest absolute Gasteiger partial charge is 0.369 e. The average molecular weight is 206 g/mol. The van der Waals surface area contributed by atoms with Crippen molar-refractivity contribution in [2.45, 2.75) is 6.10 Å². The lowest BCUT2D eigenvalue weighted by atomic mass is 10.4. The van der Waals surface area contributed by atoms with Gasteiger partial charge in [0.05, 0.1) is 6.61 Å². The molecule has 1 atom stereocenters. The molecule has 0 aliphatic carbocycles. The van der Waals surface area contributed by atoms with Gasteiger partial charge in [-0.2, -0.15) is 16.7 Å². The number of hydrogen-bond donors (Lipinski definition) is 1. The monoisotopic (exact) mass is 205 g/mol. The van der Waals surface area contributed by atoms with E-state index in [1.165, 1.54) is 0 Å². The Morgan fingerprint density at radius 1 is 1.67 bits per heavy atom. The molecule has 1 aromatic rings. The molecule has 66 valence electrons. The highest BCUT2D eigenvalue weighted by atomic mass is 35.5. The Labute approximate surface area is 79.0 Å². The second kappa shape index (κ2) is 3.64. The molecule has 0 bridgehead atoms. The van der Waals surface area contributed by atoms with E-state index in [9.17, 15) is 0 Å². The molecule has 2 heterocycles. The highest BCUT2D eigenvalue weighted by Crippen LogP contribution is 2.24. The lowest BCUT2D eigenvalue weighted by Crippen LogP contribution is -2.16. The number of aromatic nitrogens is 3. The molecule has 1 fully saturated rings. The van der Waals surface area contributed by atoms with Crippen LogP contribution in [0.5, 0.6) is 0 Å². The van der Waals surface area contributed by atoms with E-state index < -0.39 is 0 Å². The normalized spacial score (nSPS) is 24.2. The van der Waals surface area contributed by atoms with E-state index in [1.54, 1.807) is 0 Å². The van der Waals surface area contributed by atoms with E-state index in [2.05, 4.69) is 15.2 Å². The van der Waals surface area contributed by atoms with Gasteiger partial charge in [-0.15, -0.1) is 5.10 Å². The van der Waals surface area contributed by atoms with Crippen molar-refractivity contribution in [2.24, 2.45) is 0 Å². The van der Waals surface area contributed by atoms with Crippen LogP contribution in [0, 0.1) is 0 Å². The minimum atomic E-state index is 0.0312. The summed E-state index contributed by atoms with van der Waals surface area (Å²) in [6, 6.07) is 0. The Bertz CT molecular complexity index is 261. The molecule has 0 saturated carbocycles. The number of ether oxygens (including phenoxy) is 1. The SMILES string of the molecule is Clc1n[nH]c(C2CSCCO2)n1. The van der Waals surface area contributed by atoms with Crippen molar-refractivity contribution in [3.05, 3.63) is 11.1 Å². The number of nitrogens with one attached hydrogen (secondary N) is 1. The molecule has 0 radical (unpaired) electrons. The van der Waals surface area contributed by atoms with E-state index in [0.29, 0.717) is 0 Å². The summed E-state index contributed by atoms with van der Waals surface area (Å²) in [5, 5.41) is 6.73. The van der Waals surface area contributed by atoms with Gasteiger partial charge in [-0.25, -0.2) is 0 Å². The van der Waals surface area contributed by atoms with Gasteiger partial charge in [0.15, 0.2) is 5.82 Å². The molecule has 1 aromatic heterocycles. The molecule has 1 aliphatic rings. The number of nitrogens with zero attached hydrogens (tertiary/aromatic N) is 2. The smallest absolute Gasteiger partial charge is 0.242 e. The fourth-order valence-corrected chi connectivity index (χ4v) is 2.02. The highest BCUT2D eigenvalue weighted by Gasteiger charge is 2.19. The van der Waals surface area contributed by atoms with Crippen LogP contribution in [0.4, 0.5) is 0 Å². The summed E-state index contributed by atoms with van der Waals surface area (Å²) in [5.41, 5.74) is 0. The van der Waals surface area contributed by atoms with Crippen LogP contribution >= 0.6 is 23.4 Å². The Morgan fingerprint density at radius 2 is 2.58 bits per heavy atom. The summed E-state index contributed by atoms with van der Waals surface area (Å²) in [6.45, 7) is 0.771. The van der Waals surface area contributed by atoms with Gasteiger partial charge >= 0.3 is 0 Å². The van der Waals surface area contributed by atoms with E-state index in [0.717, 1.165) is 23.9 Å². The predicted molar refractivity (Wildman–Crippen MR) is 47.4 cm³/mol. The van der Waals surface area contributed by atoms with Crippen molar-refractivity contribution in [3.63, 3.8) is 0 Å². The van der Waals surface area contributed by atoms with Gasteiger partial charge in [-0.3, -0.25) is 5.10 Å². The second-order valence-corrected chi connectivity index (χ2v) is 3.91. The van der Waals surface area contributed by atoms with Crippen molar-refractivity contribution in [1.29, 1.82) is 0 Å². The summed E-state index contributed by atoms with van der Waals surface area (Å²) in [7, 11) is 0. The minimum absolute atomic E-state index is 0.0312. The average Bonchev–Trinajstić information content (AvgIpc) is 2.54. The van der Waals surface area contributed by atoms with Crippen LogP contribution in [0.3, 0.4) is 0 Å². The molecule has 1 saturated heterocycles. The first kappa shape index (κ1) is 8.34. The van der Waals surface area contributed by atoms with Crippen molar-refractivity contribution >= 4 is 23.4 Å². The molecule has 2 rings (SSSR count). The fourth-order valence-electron chi connectivity index (χ4n) is 1.04. The van der Waals surface area contributed by atoms with Crippen molar-refractivity contribution in [2.75, 3.05) is 18.1 Å². The molecule has 0 spiro atoms. The van der Waals surface area contributed by atoms with Crippen LogP contribution < -0.4 is 0 Å². The van der Waals surface area contributed by atoms with Gasteiger partial charge in [0.25, 0.3) is 0 Å². The quantitative estimate of drug-likeness (QED) is 0.750. The summed E-state index contributed by atoms with van der Waals surface area (Å²) in [5.74, 6) is 2.70. The van der Waals surface area contributed by atoms with Crippen molar-refractivity contribution in [1.82, 2.24) is 15.2 Å². The lowest BCUT2D eigenvalue weighted by molar-refractivity contribution is 0.0697. The van der Waals surface area contributed by atoms with Crippen LogP contribution in [0.15, 0.2) is 0 Å². The molecule has 0 aromatic carbocycles. The molecular weight excluding hydrogens is 198 g/mol. The number of thioether (sulfide) groups is 1. The number of halogens is 1. The summed E-state index contributed by atoms with van der Waals surface area (Å²) < 4.78 is 5.46. The first-order chi connectivity index (χ1) is 5.86. The highest BCUT2D eigenvalue weighted by molar-refractivity contribution is 7.99. The number of hydrogen-bond acceptors (Lipinski definition) is 4. The fraction of sp³-hybridized carbons (Fsp3) is 0.667. The maximum atomic E-state index is 5.56. The predicted octanol–water partition coefficient (Wildman–Crippen LogP) is 1.26. The Morgan fingerprint density at radius 3 is 3.17 bits per heavy atom. The van der Waals surface area contributed by atoms with Gasteiger partial charge in [-0.1, -0.05) is 0 Å². The Hall–Kier alpha value is -0.260. The summed E-state index contributed by atoms with van der Waals surface area (Å²) in [6.07, 6.45) is 0.0312. The molecular formula is C6H8ClN3OS. The zero-order valence-corrected chi connectivity index (χ0v) is 7.86. The van der Waals surface area contributed by atoms with Crippen LogP contribution in [0.2, 0.25) is 5.28 Å². The van der Waals surface area contributed by atoms with Crippen LogP contribution in [-0.4, -0.2) is 33.3 Å². The third-order valence-corrected chi connectivity index (χ3v) is 2.76. The van der Waals surface area contributed by atoms with Gasteiger partial charge in [0.2, 0.25) is 5.28 Å². The van der Waals surface area contributed by atoms with Gasteiger partial charge in [-0.05, 0) is 11.6 Å². The second-order valence-electron chi connectivity index (χ2n) is 2.42. The molecule has 6 heteroatoms. The molecule has 1 N–H and O–H groups in total. The van der Waals surface area contributed by atoms with Crippen LogP contribution in [0.25, 0.3) is 0 Å². The summed E-state index contributed by atoms with van der Waals surface area (Å²) in [4.78, 5) is 3.99. The van der Waals surface area contributed by atoms with Crippen molar-refractivity contribution in [3.8, 4) is 0 Å². The maximum absolute atomic E-state index is 5.56. The Balaban J connectivity index is 2.08. The number of rotatable bonds is 1. The van der Waals surface area contributed by atoms with Crippen molar-refractivity contribution < 1.29 is 4.74 Å². The molecule has 12 heavy (non-hydrogen) atoms. The molecule has 1 unspecified atom stereocenters. The first-order valence-corrected chi connectivity index (χ1v) is 5.16. The van der Waals surface area contributed by atoms with Crippen LogP contribution in [-0.2, 0) is 4.74 Å². The maximum Gasteiger partial charge on any atom is 0.242 e. The van der Waals surface area contributed by atoms with Gasteiger partial charge < -0.3 is 4.74 Å². The number of aromatic amines is 1. The lowest BCUT2D eigenvalue weighted by Gasteiger charge is -2.19. The van der Waals surface area contributed by atoms with E-state index in [4.69, 9.17) is 16.3 Å². The zero-order valence-electron chi connectivity index (χ0n) is 6.29. The molecule has 1 aliphatic heterocycles. The first-order valence-electron chi connectivity index (χ1n) is 3.63. The standard InChI is InChI=1S/C6H8ClN3OS/c7-6-8-5(9-10-6)4-3-12-2-1-11-4/h4H,1-3H2,(H,8,9,10). The van der Waals surface area contributed by atoms with Crippen LogP contribution in [0.1, 0.15) is 11.9 Å². The molecule has 0 amide bonds. The van der Waals surface area contributed by atoms with Gasteiger partial charge in [0, 0.05) is 11.5 Å². The van der Waals surface area contributed by atoms with Gasteiger partial charge in [0.1, 0.15) is 6.10 Å². The number of H-pyrrole nitrogens is 1. The summed E-state index contributed by atoms with van der Waals surface area (Å²) >= 11 is 7.42.